The highest BCUT2D eigenvalue weighted by molar-refractivity contribution is 5.84. The van der Waals surface area contributed by atoms with Crippen LogP contribution in [0.5, 0.6) is 0 Å². The third-order valence-electron chi connectivity index (χ3n) is 10.3. The number of hydrogen-bond acceptors (Lipinski definition) is 3. The molecule has 0 N–H and O–H groups in total. The molecule has 2 heterocycles. The largest absolute Gasteiger partial charge is 0.337 e. The first-order chi connectivity index (χ1) is 19.8. The third-order valence-corrected chi connectivity index (χ3v) is 10.3. The van der Waals surface area contributed by atoms with Crippen LogP contribution >= 0.6 is 0 Å². The van der Waals surface area contributed by atoms with Gasteiger partial charge >= 0.3 is 0 Å². The zero-order valence-electron chi connectivity index (χ0n) is 25.7. The Morgan fingerprint density at radius 3 is 2.57 bits per heavy atom. The maximum atomic E-state index is 14.6. The molecular formula is C35H46F3N3O. The fourth-order valence-corrected chi connectivity index (χ4v) is 8.00. The molecule has 228 valence electrons. The van der Waals surface area contributed by atoms with Crippen LogP contribution < -0.4 is 0 Å². The molecule has 7 heteroatoms. The number of carbonyl (C=O) groups is 1. The average molecular weight is 582 g/mol. The van der Waals surface area contributed by atoms with Crippen molar-refractivity contribution < 1.29 is 18.0 Å². The van der Waals surface area contributed by atoms with Crippen molar-refractivity contribution in [2.24, 2.45) is 28.2 Å². The summed E-state index contributed by atoms with van der Waals surface area (Å²) >= 11 is 0. The second-order valence-electron chi connectivity index (χ2n) is 13.8. The van der Waals surface area contributed by atoms with Gasteiger partial charge in [-0.2, -0.15) is 0 Å². The molecule has 3 aliphatic carbocycles. The lowest BCUT2D eigenvalue weighted by atomic mass is 9.77. The molecule has 0 bridgehead atoms. The molecule has 0 aromatic carbocycles. The van der Waals surface area contributed by atoms with Gasteiger partial charge in [0.05, 0.1) is 5.41 Å². The number of allylic oxidation sites excluding steroid dienone is 5. The normalized spacial score (nSPS) is 28.6. The lowest BCUT2D eigenvalue weighted by Gasteiger charge is -2.37. The summed E-state index contributed by atoms with van der Waals surface area (Å²) in [5.41, 5.74) is 2.87. The fourth-order valence-electron chi connectivity index (χ4n) is 8.00. The smallest absolute Gasteiger partial charge is 0.271 e. The van der Waals surface area contributed by atoms with Crippen LogP contribution in [0.4, 0.5) is 13.2 Å². The Balaban J connectivity index is 1.23. The van der Waals surface area contributed by atoms with E-state index in [4.69, 9.17) is 0 Å². The Morgan fingerprint density at radius 2 is 1.90 bits per heavy atom. The van der Waals surface area contributed by atoms with Gasteiger partial charge in [0.25, 0.3) is 5.92 Å². The molecule has 5 rings (SSSR count). The van der Waals surface area contributed by atoms with Crippen LogP contribution in [-0.4, -0.2) is 41.5 Å². The van der Waals surface area contributed by atoms with Crippen LogP contribution in [0.1, 0.15) is 95.4 Å². The summed E-state index contributed by atoms with van der Waals surface area (Å²) < 4.78 is 42.6. The van der Waals surface area contributed by atoms with Crippen LogP contribution in [0.25, 0.3) is 0 Å². The van der Waals surface area contributed by atoms with Gasteiger partial charge in [0.1, 0.15) is 5.67 Å². The summed E-state index contributed by atoms with van der Waals surface area (Å²) in [6.07, 6.45) is 16.4. The van der Waals surface area contributed by atoms with Gasteiger partial charge in [-0.15, -0.1) is 0 Å². The maximum absolute atomic E-state index is 14.6. The molecule has 1 aromatic heterocycles. The molecule has 42 heavy (non-hydrogen) atoms. The average Bonchev–Trinajstić information content (AvgIpc) is 3.49. The van der Waals surface area contributed by atoms with Crippen molar-refractivity contribution in [1.82, 2.24) is 9.88 Å². The number of rotatable bonds is 7. The number of aromatic nitrogens is 1. The summed E-state index contributed by atoms with van der Waals surface area (Å²) in [4.78, 5) is 24.5. The number of fused-ring (bicyclic) bond motifs is 2. The molecule has 4 aliphatic rings. The summed E-state index contributed by atoms with van der Waals surface area (Å²) in [5, 5.41) is 0. The first-order valence-electron chi connectivity index (χ1n) is 15.7. The van der Waals surface area contributed by atoms with Gasteiger partial charge in [0.15, 0.2) is 0 Å². The quantitative estimate of drug-likeness (QED) is 0.185. The first-order valence-corrected chi connectivity index (χ1v) is 15.7. The van der Waals surface area contributed by atoms with Crippen LogP contribution in [0.2, 0.25) is 0 Å². The van der Waals surface area contributed by atoms with Crippen LogP contribution in [0.15, 0.2) is 52.7 Å². The number of pyridine rings is 1. The lowest BCUT2D eigenvalue weighted by molar-refractivity contribution is -0.144. The zero-order valence-corrected chi connectivity index (χ0v) is 25.7. The number of alkyl halides is 3. The van der Waals surface area contributed by atoms with Crippen LogP contribution in [0.3, 0.4) is 0 Å². The Morgan fingerprint density at radius 1 is 1.17 bits per heavy atom. The molecule has 0 radical (unpaired) electrons. The minimum absolute atomic E-state index is 0.0936. The van der Waals surface area contributed by atoms with Gasteiger partial charge in [0.2, 0.25) is 5.91 Å². The molecule has 1 aromatic rings. The van der Waals surface area contributed by atoms with E-state index in [2.05, 4.69) is 22.6 Å². The molecule has 3 fully saturated rings. The molecule has 1 amide bonds. The number of nitrogens with zero attached hydrogens (tertiary/aromatic N) is 3. The number of amides is 1. The molecule has 4 nitrogen and oxygen atoms in total. The van der Waals surface area contributed by atoms with E-state index in [1.165, 1.54) is 24.9 Å². The summed E-state index contributed by atoms with van der Waals surface area (Å²) in [7, 11) is 1.50. The predicted octanol–water partition coefficient (Wildman–Crippen LogP) is 8.32. The van der Waals surface area contributed by atoms with E-state index in [9.17, 15) is 18.0 Å². The predicted molar refractivity (Wildman–Crippen MR) is 162 cm³/mol. The topological polar surface area (TPSA) is 45.6 Å². The van der Waals surface area contributed by atoms with Crippen LogP contribution in [-0.2, 0) is 23.4 Å². The molecule has 3 atom stereocenters. The summed E-state index contributed by atoms with van der Waals surface area (Å²) in [6.45, 7) is 9.30. The van der Waals surface area contributed by atoms with Crippen molar-refractivity contribution in [2.75, 3.05) is 13.6 Å². The minimum Gasteiger partial charge on any atom is -0.337 e. The molecule has 3 saturated carbocycles. The van der Waals surface area contributed by atoms with E-state index in [1.807, 2.05) is 11.0 Å². The number of hydrogen-bond donors (Lipinski definition) is 0. The number of carbonyl (C=O) groups excluding carboxylic acids is 1. The Kier molecular flexibility index (Phi) is 8.61. The standard InChI is InChI=1S/C35H46F3N3O/c1-23(15-30(20-39-5)34(4,37)38)26-10-8-24(9-11-26)16-25-17-28-7-6-13-35(28,19-25)32(42)41-14-12-31-27(22-41)18-29(21-40-31)33(2,3)36/h15-16,18,20-21,25-26,28H,1,6-14,17,19,22H2,2-5H3/b24-16?,30-15+,39-20?/t25-,26?,28-,35-/m1/s1. The summed E-state index contributed by atoms with van der Waals surface area (Å²) in [6, 6.07) is 1.90. The van der Waals surface area contributed by atoms with Gasteiger partial charge in [-0.1, -0.05) is 30.2 Å². The van der Waals surface area contributed by atoms with Gasteiger partial charge in [-0.05, 0) is 101 Å². The van der Waals surface area contributed by atoms with Crippen molar-refractivity contribution in [3.05, 3.63) is 64.5 Å². The molecule has 0 spiro atoms. The summed E-state index contributed by atoms with van der Waals surface area (Å²) in [5.74, 6) is -1.65. The van der Waals surface area contributed by atoms with E-state index in [1.54, 1.807) is 20.0 Å². The van der Waals surface area contributed by atoms with Crippen molar-refractivity contribution in [3.63, 3.8) is 0 Å². The molecular weight excluding hydrogens is 535 g/mol. The van der Waals surface area contributed by atoms with Gasteiger partial charge in [-0.25, -0.2) is 13.2 Å². The minimum atomic E-state index is -2.95. The van der Waals surface area contributed by atoms with E-state index >= 15 is 0 Å². The van der Waals surface area contributed by atoms with Gasteiger partial charge in [0, 0.05) is 62.7 Å². The fraction of sp³-hybridized carbons (Fsp3) is 0.629. The highest BCUT2D eigenvalue weighted by atomic mass is 19.3. The van der Waals surface area contributed by atoms with Crippen molar-refractivity contribution in [1.29, 1.82) is 0 Å². The second-order valence-corrected chi connectivity index (χ2v) is 13.8. The first kappa shape index (κ1) is 30.7. The van der Waals surface area contributed by atoms with E-state index < -0.39 is 11.6 Å². The van der Waals surface area contributed by atoms with Gasteiger partial charge < -0.3 is 4.90 Å². The number of halogens is 3. The monoisotopic (exact) mass is 581 g/mol. The molecule has 0 unspecified atom stereocenters. The highest BCUT2D eigenvalue weighted by Crippen LogP contribution is 2.58. The van der Waals surface area contributed by atoms with Crippen molar-refractivity contribution in [3.8, 4) is 0 Å². The second kappa shape index (κ2) is 11.8. The number of aliphatic imine (C=N–C) groups is 1. The highest BCUT2D eigenvalue weighted by Gasteiger charge is 2.55. The zero-order chi connectivity index (χ0) is 30.3. The van der Waals surface area contributed by atoms with Crippen molar-refractivity contribution >= 4 is 12.1 Å². The molecule has 1 aliphatic heterocycles. The van der Waals surface area contributed by atoms with Crippen LogP contribution in [0, 0.1) is 23.2 Å². The SMILES string of the molecule is C=C(/C=C(\C=NC)C(C)(F)F)C1CCC(=C[C@@H]2C[C@H]3CCC[C@@]3(C(=O)N3CCc4ncc(C(C)(C)F)cc4C3)C2)CC1. The third kappa shape index (κ3) is 6.30. The van der Waals surface area contributed by atoms with Crippen molar-refractivity contribution in [2.45, 2.75) is 103 Å². The Labute approximate surface area is 249 Å². The van der Waals surface area contributed by atoms with E-state index in [0.29, 0.717) is 36.9 Å². The Bertz CT molecular complexity index is 1290. The van der Waals surface area contributed by atoms with Gasteiger partial charge in [-0.3, -0.25) is 14.8 Å². The van der Waals surface area contributed by atoms with E-state index in [-0.39, 0.29) is 22.8 Å². The Hall–Kier alpha value is -2.70. The molecule has 0 saturated heterocycles. The lowest BCUT2D eigenvalue weighted by Crippen LogP contribution is -2.46. The maximum Gasteiger partial charge on any atom is 0.271 e. The van der Waals surface area contributed by atoms with E-state index in [0.717, 1.165) is 81.5 Å².